The number of likely N-dealkylation sites (tertiary alicyclic amines) is 1. The lowest BCUT2D eigenvalue weighted by molar-refractivity contribution is -0.141. The Morgan fingerprint density at radius 2 is 2.03 bits per heavy atom. The summed E-state index contributed by atoms with van der Waals surface area (Å²) < 4.78 is 6.14. The molecule has 0 spiro atoms. The van der Waals surface area contributed by atoms with Crippen molar-refractivity contribution in [2.45, 2.75) is 19.4 Å². The second-order valence-electron chi connectivity index (χ2n) is 6.54. The molecule has 0 saturated carbocycles. The van der Waals surface area contributed by atoms with Gasteiger partial charge in [0.15, 0.2) is 5.13 Å². The standard InChI is InChI=1S/C20H18N4O4S/c1-28-14-4-5-16-15(9-14)22-20(29-16)24(11-13-3-2-8-21-10-13)19(27)12-23-17(25)6-7-18(23)26/h2-5,8-10H,6-7,11-12H2,1H3. The Morgan fingerprint density at radius 3 is 2.72 bits per heavy atom. The van der Waals surface area contributed by atoms with E-state index in [4.69, 9.17) is 4.74 Å². The van der Waals surface area contributed by atoms with Crippen LogP contribution in [0.5, 0.6) is 5.75 Å². The Bertz CT molecular complexity index is 1070. The van der Waals surface area contributed by atoms with Gasteiger partial charge in [0.2, 0.25) is 17.7 Å². The number of pyridine rings is 1. The molecule has 4 rings (SSSR count). The predicted octanol–water partition coefficient (Wildman–Crippen LogP) is 2.38. The fourth-order valence-corrected chi connectivity index (χ4v) is 4.06. The average Bonchev–Trinajstić information content (AvgIpc) is 3.30. The second kappa shape index (κ2) is 7.96. The fraction of sp³-hybridized carbons (Fsp3) is 0.250. The molecule has 1 saturated heterocycles. The molecule has 1 fully saturated rings. The third-order valence-corrected chi connectivity index (χ3v) is 5.69. The first kappa shape index (κ1) is 19.0. The number of hydrogen-bond donors (Lipinski definition) is 0. The van der Waals surface area contributed by atoms with Crippen LogP contribution in [-0.2, 0) is 20.9 Å². The summed E-state index contributed by atoms with van der Waals surface area (Å²) in [5.74, 6) is -0.339. The van der Waals surface area contributed by atoms with Gasteiger partial charge in [-0.3, -0.25) is 29.2 Å². The molecule has 2 aromatic heterocycles. The van der Waals surface area contributed by atoms with Crippen molar-refractivity contribution < 1.29 is 19.1 Å². The lowest BCUT2D eigenvalue weighted by Gasteiger charge is -2.22. The summed E-state index contributed by atoms with van der Waals surface area (Å²) in [6.45, 7) is -0.0585. The van der Waals surface area contributed by atoms with Gasteiger partial charge in [-0.25, -0.2) is 4.98 Å². The van der Waals surface area contributed by atoms with Crippen LogP contribution in [0.3, 0.4) is 0 Å². The number of ether oxygens (including phenoxy) is 1. The van der Waals surface area contributed by atoms with Crippen molar-refractivity contribution in [2.75, 3.05) is 18.6 Å². The van der Waals surface area contributed by atoms with Crippen LogP contribution in [0.4, 0.5) is 5.13 Å². The number of methoxy groups -OCH3 is 1. The van der Waals surface area contributed by atoms with Gasteiger partial charge in [0.1, 0.15) is 12.3 Å². The number of nitrogens with zero attached hydrogens (tertiary/aromatic N) is 4. The van der Waals surface area contributed by atoms with Gasteiger partial charge < -0.3 is 4.74 Å². The Morgan fingerprint density at radius 1 is 1.24 bits per heavy atom. The number of aromatic nitrogens is 2. The van der Waals surface area contributed by atoms with Crippen molar-refractivity contribution in [3.8, 4) is 5.75 Å². The number of imide groups is 1. The lowest BCUT2D eigenvalue weighted by Crippen LogP contribution is -2.42. The number of rotatable bonds is 6. The minimum absolute atomic E-state index is 0.148. The topological polar surface area (TPSA) is 92.7 Å². The number of thiazole rings is 1. The van der Waals surface area contributed by atoms with Crippen LogP contribution in [-0.4, -0.2) is 46.2 Å². The van der Waals surface area contributed by atoms with Crippen LogP contribution in [0, 0.1) is 0 Å². The quantitative estimate of drug-likeness (QED) is 0.580. The molecule has 0 radical (unpaired) electrons. The maximum Gasteiger partial charge on any atom is 0.249 e. The van der Waals surface area contributed by atoms with Crippen molar-refractivity contribution in [3.63, 3.8) is 0 Å². The summed E-state index contributed by atoms with van der Waals surface area (Å²) in [5.41, 5.74) is 1.53. The van der Waals surface area contributed by atoms with Crippen LogP contribution in [0.2, 0.25) is 0 Å². The molecule has 1 aliphatic heterocycles. The summed E-state index contributed by atoms with van der Waals surface area (Å²) in [5, 5.41) is 0.487. The van der Waals surface area contributed by atoms with Gasteiger partial charge in [0.05, 0.1) is 23.9 Å². The third kappa shape index (κ3) is 3.95. The molecule has 0 N–H and O–H groups in total. The van der Waals surface area contributed by atoms with E-state index in [-0.39, 0.29) is 43.7 Å². The molecule has 0 bridgehead atoms. The van der Waals surface area contributed by atoms with Gasteiger partial charge >= 0.3 is 0 Å². The van der Waals surface area contributed by atoms with Gasteiger partial charge in [-0.05, 0) is 23.8 Å². The van der Waals surface area contributed by atoms with E-state index in [1.807, 2.05) is 18.2 Å². The minimum atomic E-state index is -0.372. The molecule has 1 aliphatic rings. The summed E-state index contributed by atoms with van der Waals surface area (Å²) in [4.78, 5) is 48.2. The van der Waals surface area contributed by atoms with Gasteiger partial charge in [0.25, 0.3) is 0 Å². The first-order valence-electron chi connectivity index (χ1n) is 9.02. The third-order valence-electron chi connectivity index (χ3n) is 4.63. The Balaban J connectivity index is 1.67. The van der Waals surface area contributed by atoms with E-state index in [2.05, 4.69) is 9.97 Å². The Labute approximate surface area is 170 Å². The van der Waals surface area contributed by atoms with Crippen LogP contribution >= 0.6 is 11.3 Å². The van der Waals surface area contributed by atoms with Crippen LogP contribution in [0.25, 0.3) is 10.2 Å². The monoisotopic (exact) mass is 410 g/mol. The summed E-state index contributed by atoms with van der Waals surface area (Å²) in [6, 6.07) is 9.16. The first-order chi connectivity index (χ1) is 14.0. The molecule has 0 unspecified atom stereocenters. The van der Waals surface area contributed by atoms with E-state index in [0.29, 0.717) is 16.4 Å². The highest BCUT2D eigenvalue weighted by Crippen LogP contribution is 2.32. The zero-order valence-electron chi connectivity index (χ0n) is 15.7. The van der Waals surface area contributed by atoms with Crippen molar-refractivity contribution >= 4 is 44.4 Å². The number of carbonyl (C=O) groups excluding carboxylic acids is 3. The molecule has 148 valence electrons. The molecular weight excluding hydrogens is 392 g/mol. The number of fused-ring (bicyclic) bond motifs is 1. The van der Waals surface area contributed by atoms with Crippen LogP contribution in [0.1, 0.15) is 18.4 Å². The molecule has 8 nitrogen and oxygen atoms in total. The minimum Gasteiger partial charge on any atom is -0.497 e. The molecular formula is C20H18N4O4S. The SMILES string of the molecule is COc1ccc2sc(N(Cc3cccnc3)C(=O)CN3C(=O)CCC3=O)nc2c1. The molecule has 0 atom stereocenters. The Kier molecular flexibility index (Phi) is 5.22. The van der Waals surface area contributed by atoms with E-state index in [1.54, 1.807) is 31.6 Å². The molecule has 3 heterocycles. The van der Waals surface area contributed by atoms with Gasteiger partial charge in [0, 0.05) is 31.3 Å². The molecule has 3 amide bonds. The van der Waals surface area contributed by atoms with E-state index >= 15 is 0 Å². The average molecular weight is 410 g/mol. The van der Waals surface area contributed by atoms with Gasteiger partial charge in [-0.2, -0.15) is 0 Å². The smallest absolute Gasteiger partial charge is 0.249 e. The predicted molar refractivity (Wildman–Crippen MR) is 108 cm³/mol. The number of carbonyl (C=O) groups is 3. The van der Waals surface area contributed by atoms with Crippen LogP contribution in [0.15, 0.2) is 42.7 Å². The molecule has 29 heavy (non-hydrogen) atoms. The molecule has 0 aliphatic carbocycles. The maximum absolute atomic E-state index is 13.1. The summed E-state index contributed by atoms with van der Waals surface area (Å²) in [7, 11) is 1.58. The molecule has 1 aromatic carbocycles. The first-order valence-corrected chi connectivity index (χ1v) is 9.84. The van der Waals surface area contributed by atoms with Crippen molar-refractivity contribution in [2.24, 2.45) is 0 Å². The number of hydrogen-bond acceptors (Lipinski definition) is 7. The number of benzene rings is 1. The molecule has 3 aromatic rings. The van der Waals surface area contributed by atoms with E-state index in [0.717, 1.165) is 15.2 Å². The number of amides is 3. The zero-order valence-corrected chi connectivity index (χ0v) is 16.5. The van der Waals surface area contributed by atoms with E-state index in [1.165, 1.54) is 16.2 Å². The summed E-state index contributed by atoms with van der Waals surface area (Å²) in [6.07, 6.45) is 3.62. The van der Waals surface area contributed by atoms with Crippen molar-refractivity contribution in [1.82, 2.24) is 14.9 Å². The van der Waals surface area contributed by atoms with Crippen LogP contribution < -0.4 is 9.64 Å². The highest BCUT2D eigenvalue weighted by Gasteiger charge is 2.32. The van der Waals surface area contributed by atoms with Crippen molar-refractivity contribution in [1.29, 1.82) is 0 Å². The van der Waals surface area contributed by atoms with Crippen molar-refractivity contribution in [3.05, 3.63) is 48.3 Å². The normalized spacial score (nSPS) is 13.9. The van der Waals surface area contributed by atoms with E-state index < -0.39 is 0 Å². The molecule has 9 heteroatoms. The van der Waals surface area contributed by atoms with Gasteiger partial charge in [-0.15, -0.1) is 0 Å². The largest absolute Gasteiger partial charge is 0.497 e. The Hall–Kier alpha value is -3.33. The maximum atomic E-state index is 13.1. The second-order valence-corrected chi connectivity index (χ2v) is 7.55. The summed E-state index contributed by atoms with van der Waals surface area (Å²) >= 11 is 1.36. The van der Waals surface area contributed by atoms with E-state index in [9.17, 15) is 14.4 Å². The zero-order chi connectivity index (χ0) is 20.4. The highest BCUT2D eigenvalue weighted by molar-refractivity contribution is 7.22. The highest BCUT2D eigenvalue weighted by atomic mass is 32.1. The lowest BCUT2D eigenvalue weighted by atomic mass is 10.2. The fourth-order valence-electron chi connectivity index (χ4n) is 3.09. The van der Waals surface area contributed by atoms with Gasteiger partial charge in [-0.1, -0.05) is 17.4 Å². The number of anilines is 1.